The van der Waals surface area contributed by atoms with E-state index in [0.717, 1.165) is 43.0 Å². The fourth-order valence-corrected chi connectivity index (χ4v) is 5.24. The number of rotatable bonds is 5. The number of pyridine rings is 1. The van der Waals surface area contributed by atoms with E-state index in [-0.39, 0.29) is 11.2 Å². The quantitative estimate of drug-likeness (QED) is 0.634. The second-order valence-corrected chi connectivity index (χ2v) is 9.87. The summed E-state index contributed by atoms with van der Waals surface area (Å²) in [4.78, 5) is 7.04. The first-order chi connectivity index (χ1) is 15.4. The number of nitrogens with zero attached hydrogens (tertiary/aromatic N) is 2. The van der Waals surface area contributed by atoms with E-state index >= 15 is 0 Å². The number of thiocarbonyl (C=S) groups is 1. The Morgan fingerprint density at radius 3 is 2.44 bits per heavy atom. The van der Waals surface area contributed by atoms with Gasteiger partial charge in [0, 0.05) is 38.3 Å². The summed E-state index contributed by atoms with van der Waals surface area (Å²) in [6.07, 6.45) is 4.87. The summed E-state index contributed by atoms with van der Waals surface area (Å²) in [6, 6.07) is 10.9. The molecule has 2 saturated heterocycles. The van der Waals surface area contributed by atoms with Crippen molar-refractivity contribution in [3.8, 4) is 0 Å². The van der Waals surface area contributed by atoms with E-state index in [1.54, 1.807) is 0 Å². The third-order valence-electron chi connectivity index (χ3n) is 6.69. The smallest absolute Gasteiger partial charge is 0.170 e. The molecule has 2 N–H and O–H groups in total. The summed E-state index contributed by atoms with van der Waals surface area (Å²) in [7, 11) is 0. The van der Waals surface area contributed by atoms with Gasteiger partial charge in [0.2, 0.25) is 0 Å². The standard InChI is InChI=1S/C25H33FN4OS/c1-18-13-19(2)16-30(15-18)23-8-7-22(14-27-23)29-24(32)28-17-25(9-11-31-12-10-25)20-3-5-21(26)6-4-20/h3-8,14,18-19H,9-13,15-17H2,1-2H3,(H2,28,29,32)/t18-,19-/m1/s1. The summed E-state index contributed by atoms with van der Waals surface area (Å²) in [5, 5.41) is 7.19. The third kappa shape index (κ3) is 5.56. The molecule has 0 radical (unpaired) electrons. The topological polar surface area (TPSA) is 49.4 Å². The lowest BCUT2D eigenvalue weighted by atomic mass is 9.74. The summed E-state index contributed by atoms with van der Waals surface area (Å²) in [5.74, 6) is 2.18. The number of piperidine rings is 1. The highest BCUT2D eigenvalue weighted by molar-refractivity contribution is 7.80. The number of hydrogen-bond acceptors (Lipinski definition) is 4. The SMILES string of the molecule is C[C@@H]1C[C@@H](C)CN(c2ccc(NC(=S)NCC3(c4ccc(F)cc4)CCOCC3)cn2)C1. The van der Waals surface area contributed by atoms with Gasteiger partial charge in [0.05, 0.1) is 11.9 Å². The van der Waals surface area contributed by atoms with Gasteiger partial charge in [-0.3, -0.25) is 0 Å². The van der Waals surface area contributed by atoms with Gasteiger partial charge in [-0.1, -0.05) is 26.0 Å². The summed E-state index contributed by atoms with van der Waals surface area (Å²) < 4.78 is 19.0. The highest BCUT2D eigenvalue weighted by Crippen LogP contribution is 2.34. The Hall–Kier alpha value is -2.25. The van der Waals surface area contributed by atoms with Gasteiger partial charge in [0.1, 0.15) is 11.6 Å². The van der Waals surface area contributed by atoms with E-state index in [9.17, 15) is 4.39 Å². The number of ether oxygens (including phenoxy) is 1. The van der Waals surface area contributed by atoms with Crippen molar-refractivity contribution >= 4 is 28.8 Å². The molecule has 0 saturated carbocycles. The van der Waals surface area contributed by atoms with Crippen LogP contribution in [-0.2, 0) is 10.2 Å². The van der Waals surface area contributed by atoms with Crippen molar-refractivity contribution in [3.63, 3.8) is 0 Å². The van der Waals surface area contributed by atoms with Crippen molar-refractivity contribution in [2.24, 2.45) is 11.8 Å². The number of nitrogens with one attached hydrogen (secondary N) is 2. The monoisotopic (exact) mass is 456 g/mol. The molecule has 0 amide bonds. The van der Waals surface area contributed by atoms with E-state index in [4.69, 9.17) is 17.0 Å². The molecule has 2 aliphatic heterocycles. The number of hydrogen-bond donors (Lipinski definition) is 2. The van der Waals surface area contributed by atoms with Crippen LogP contribution in [0.4, 0.5) is 15.9 Å². The Balaban J connectivity index is 1.36. The molecule has 0 spiro atoms. The van der Waals surface area contributed by atoms with Gasteiger partial charge in [-0.05, 0) is 73.1 Å². The van der Waals surface area contributed by atoms with Gasteiger partial charge in [0.15, 0.2) is 5.11 Å². The lowest BCUT2D eigenvalue weighted by molar-refractivity contribution is 0.0515. The highest BCUT2D eigenvalue weighted by Gasteiger charge is 2.34. The Kier molecular flexibility index (Phi) is 7.26. The molecular formula is C25H33FN4OS. The summed E-state index contributed by atoms with van der Waals surface area (Å²) in [6.45, 7) is 8.78. The van der Waals surface area contributed by atoms with Crippen LogP contribution in [0.3, 0.4) is 0 Å². The molecule has 0 aliphatic carbocycles. The van der Waals surface area contributed by atoms with E-state index < -0.39 is 0 Å². The average Bonchev–Trinajstić information content (AvgIpc) is 2.79. The van der Waals surface area contributed by atoms with Crippen molar-refractivity contribution in [1.82, 2.24) is 10.3 Å². The van der Waals surface area contributed by atoms with Crippen LogP contribution in [0.25, 0.3) is 0 Å². The second kappa shape index (κ2) is 10.1. The molecule has 3 heterocycles. The maximum Gasteiger partial charge on any atom is 0.170 e. The highest BCUT2D eigenvalue weighted by atomic mass is 32.1. The van der Waals surface area contributed by atoms with Crippen LogP contribution < -0.4 is 15.5 Å². The van der Waals surface area contributed by atoms with Crippen LogP contribution in [-0.4, -0.2) is 42.9 Å². The van der Waals surface area contributed by atoms with Crippen LogP contribution in [0, 0.1) is 17.7 Å². The van der Waals surface area contributed by atoms with Gasteiger partial charge < -0.3 is 20.3 Å². The van der Waals surface area contributed by atoms with Crippen molar-refractivity contribution in [3.05, 3.63) is 54.0 Å². The average molecular weight is 457 g/mol. The molecule has 4 rings (SSSR count). The molecular weight excluding hydrogens is 423 g/mol. The maximum absolute atomic E-state index is 13.4. The number of anilines is 2. The van der Waals surface area contributed by atoms with Crippen molar-refractivity contribution in [2.45, 2.75) is 38.5 Å². The Morgan fingerprint density at radius 2 is 1.81 bits per heavy atom. The minimum atomic E-state index is -0.217. The van der Waals surface area contributed by atoms with Gasteiger partial charge in [-0.15, -0.1) is 0 Å². The molecule has 7 heteroatoms. The first-order valence-electron chi connectivity index (χ1n) is 11.5. The van der Waals surface area contributed by atoms with Crippen LogP contribution >= 0.6 is 12.2 Å². The van der Waals surface area contributed by atoms with E-state index in [1.165, 1.54) is 18.6 Å². The maximum atomic E-state index is 13.4. The van der Waals surface area contributed by atoms with Gasteiger partial charge in [-0.2, -0.15) is 0 Å². The van der Waals surface area contributed by atoms with Crippen molar-refractivity contribution < 1.29 is 9.13 Å². The van der Waals surface area contributed by atoms with E-state index in [1.807, 2.05) is 24.4 Å². The summed E-state index contributed by atoms with van der Waals surface area (Å²) in [5.41, 5.74) is 1.86. The predicted molar refractivity (Wildman–Crippen MR) is 132 cm³/mol. The first-order valence-corrected chi connectivity index (χ1v) is 11.9. The predicted octanol–water partition coefficient (Wildman–Crippen LogP) is 4.74. The Morgan fingerprint density at radius 1 is 1.12 bits per heavy atom. The Labute approximate surface area is 195 Å². The van der Waals surface area contributed by atoms with Crippen LogP contribution in [0.15, 0.2) is 42.6 Å². The molecule has 2 atom stereocenters. The number of benzene rings is 1. The van der Waals surface area contributed by atoms with Gasteiger partial charge in [0.25, 0.3) is 0 Å². The fraction of sp³-hybridized carbons (Fsp3) is 0.520. The number of aromatic nitrogens is 1. The lowest BCUT2D eigenvalue weighted by Crippen LogP contribution is -2.45. The molecule has 1 aromatic heterocycles. The minimum Gasteiger partial charge on any atom is -0.381 e. The molecule has 5 nitrogen and oxygen atoms in total. The molecule has 2 fully saturated rings. The zero-order valence-electron chi connectivity index (χ0n) is 18.9. The largest absolute Gasteiger partial charge is 0.381 e. The van der Waals surface area contributed by atoms with Crippen molar-refractivity contribution in [2.75, 3.05) is 43.1 Å². The van der Waals surface area contributed by atoms with E-state index in [2.05, 4.69) is 40.4 Å². The molecule has 2 aliphatic rings. The van der Waals surface area contributed by atoms with Crippen LogP contribution in [0.2, 0.25) is 0 Å². The lowest BCUT2D eigenvalue weighted by Gasteiger charge is -2.38. The molecule has 0 bridgehead atoms. The molecule has 2 aromatic rings. The van der Waals surface area contributed by atoms with Gasteiger partial charge >= 0.3 is 0 Å². The second-order valence-electron chi connectivity index (χ2n) is 9.46. The first kappa shape index (κ1) is 22.9. The van der Waals surface area contributed by atoms with E-state index in [0.29, 0.717) is 36.7 Å². The Bertz CT molecular complexity index is 889. The zero-order chi connectivity index (χ0) is 22.6. The molecule has 32 heavy (non-hydrogen) atoms. The zero-order valence-corrected chi connectivity index (χ0v) is 19.8. The van der Waals surface area contributed by atoms with Gasteiger partial charge in [-0.25, -0.2) is 9.37 Å². The normalized spacial score (nSPS) is 22.9. The van der Waals surface area contributed by atoms with Crippen LogP contribution in [0.5, 0.6) is 0 Å². The molecule has 172 valence electrons. The van der Waals surface area contributed by atoms with Crippen LogP contribution in [0.1, 0.15) is 38.7 Å². The minimum absolute atomic E-state index is 0.124. The third-order valence-corrected chi connectivity index (χ3v) is 6.94. The fourth-order valence-electron chi connectivity index (χ4n) is 5.05. The number of halogens is 1. The summed E-state index contributed by atoms with van der Waals surface area (Å²) >= 11 is 5.56. The molecule has 1 aromatic carbocycles. The molecule has 0 unspecified atom stereocenters. The van der Waals surface area contributed by atoms with Crippen molar-refractivity contribution in [1.29, 1.82) is 0 Å².